The monoisotopic (exact) mass is 380 g/mol. The van der Waals surface area contributed by atoms with E-state index in [1.807, 2.05) is 0 Å². The number of rotatable bonds is 7. The number of carbonyl (C=O) groups excluding carboxylic acids is 2. The molecule has 1 heterocycles. The second-order valence-corrected chi connectivity index (χ2v) is 6.18. The number of carbonyl (C=O) groups is 2. The Kier molecular flexibility index (Phi) is 6.65. The highest BCUT2D eigenvalue weighted by Gasteiger charge is 2.17. The predicted octanol–water partition coefficient (Wildman–Crippen LogP) is 3.11. The molecule has 2 rings (SSSR count). The third-order valence-corrected chi connectivity index (χ3v) is 3.88. The molecule has 0 fully saturated rings. The Hall–Kier alpha value is -2.51. The van der Waals surface area contributed by atoms with Crippen LogP contribution in [-0.4, -0.2) is 44.6 Å². The predicted molar refractivity (Wildman–Crippen MR) is 97.8 cm³/mol. The zero-order valence-electron chi connectivity index (χ0n) is 15.1. The third-order valence-electron chi connectivity index (χ3n) is 3.65. The van der Waals surface area contributed by atoms with Crippen molar-refractivity contribution < 1.29 is 23.5 Å². The zero-order valence-corrected chi connectivity index (χ0v) is 15.8. The number of halogens is 1. The van der Waals surface area contributed by atoms with Gasteiger partial charge in [-0.05, 0) is 38.2 Å². The quantitative estimate of drug-likeness (QED) is 0.743. The minimum Gasteiger partial charge on any atom is -0.495 e. The second-order valence-electron chi connectivity index (χ2n) is 5.74. The molecule has 140 valence electrons. The van der Waals surface area contributed by atoms with Gasteiger partial charge in [0.1, 0.15) is 22.8 Å². The van der Waals surface area contributed by atoms with Crippen molar-refractivity contribution in [3.8, 4) is 5.75 Å². The van der Waals surface area contributed by atoms with Gasteiger partial charge in [-0.3, -0.25) is 9.69 Å². The summed E-state index contributed by atoms with van der Waals surface area (Å²) in [6.07, 6.45) is 0. The van der Waals surface area contributed by atoms with E-state index >= 15 is 0 Å². The van der Waals surface area contributed by atoms with E-state index in [0.717, 1.165) is 0 Å². The van der Waals surface area contributed by atoms with E-state index in [0.29, 0.717) is 40.1 Å². The molecule has 1 aromatic heterocycles. The number of furan rings is 1. The molecule has 0 spiro atoms. The van der Waals surface area contributed by atoms with Gasteiger partial charge in [0.05, 0.1) is 33.0 Å². The number of esters is 1. The number of hydrogen-bond acceptors (Lipinski definition) is 6. The van der Waals surface area contributed by atoms with E-state index in [1.54, 1.807) is 43.1 Å². The fourth-order valence-corrected chi connectivity index (χ4v) is 2.64. The van der Waals surface area contributed by atoms with Gasteiger partial charge in [-0.2, -0.15) is 0 Å². The highest BCUT2D eigenvalue weighted by molar-refractivity contribution is 6.31. The smallest absolute Gasteiger partial charge is 0.341 e. The van der Waals surface area contributed by atoms with Crippen molar-refractivity contribution in [2.75, 3.05) is 33.1 Å². The molecule has 2 aromatic rings. The van der Waals surface area contributed by atoms with E-state index in [-0.39, 0.29) is 12.5 Å². The lowest BCUT2D eigenvalue weighted by Crippen LogP contribution is -2.29. The van der Waals surface area contributed by atoms with Crippen molar-refractivity contribution in [1.29, 1.82) is 0 Å². The highest BCUT2D eigenvalue weighted by Crippen LogP contribution is 2.27. The summed E-state index contributed by atoms with van der Waals surface area (Å²) < 4.78 is 15.5. The van der Waals surface area contributed by atoms with Gasteiger partial charge in [0.2, 0.25) is 5.91 Å². The molecule has 7 nitrogen and oxygen atoms in total. The van der Waals surface area contributed by atoms with E-state index in [2.05, 4.69) is 5.32 Å². The lowest BCUT2D eigenvalue weighted by molar-refractivity contribution is -0.117. The summed E-state index contributed by atoms with van der Waals surface area (Å²) in [6, 6.07) is 6.61. The molecular weight excluding hydrogens is 360 g/mol. The van der Waals surface area contributed by atoms with Gasteiger partial charge in [0.15, 0.2) is 0 Å². The Labute approximate surface area is 156 Å². The van der Waals surface area contributed by atoms with Crippen molar-refractivity contribution in [3.05, 3.63) is 46.4 Å². The SMILES string of the molecule is COC(=O)c1cc(CN(C)CC(=O)Nc2cc(Cl)ccc2OC)oc1C. The van der Waals surface area contributed by atoms with Crippen molar-refractivity contribution >= 4 is 29.2 Å². The van der Waals surface area contributed by atoms with Gasteiger partial charge >= 0.3 is 5.97 Å². The standard InChI is InChI=1S/C18H21ClN2O5/c1-11-14(18(23)25-4)8-13(26-11)9-21(2)10-17(22)20-15-7-12(19)5-6-16(15)24-3/h5-8H,9-10H2,1-4H3,(H,20,22). The van der Waals surface area contributed by atoms with E-state index in [1.165, 1.54) is 14.2 Å². The fourth-order valence-electron chi connectivity index (χ4n) is 2.47. The first-order valence-corrected chi connectivity index (χ1v) is 8.21. The van der Waals surface area contributed by atoms with Crippen LogP contribution in [0.3, 0.4) is 0 Å². The van der Waals surface area contributed by atoms with Crippen molar-refractivity contribution in [2.45, 2.75) is 13.5 Å². The number of anilines is 1. The minimum atomic E-state index is -0.453. The summed E-state index contributed by atoms with van der Waals surface area (Å²) >= 11 is 5.96. The number of hydrogen-bond donors (Lipinski definition) is 1. The maximum Gasteiger partial charge on any atom is 0.341 e. The van der Waals surface area contributed by atoms with Crippen LogP contribution in [0.4, 0.5) is 5.69 Å². The van der Waals surface area contributed by atoms with Crippen LogP contribution in [0.5, 0.6) is 5.75 Å². The number of nitrogens with one attached hydrogen (secondary N) is 1. The molecule has 0 saturated carbocycles. The van der Waals surface area contributed by atoms with Crippen molar-refractivity contribution in [2.24, 2.45) is 0 Å². The van der Waals surface area contributed by atoms with Crippen LogP contribution < -0.4 is 10.1 Å². The van der Waals surface area contributed by atoms with Gasteiger partial charge in [0.25, 0.3) is 0 Å². The van der Waals surface area contributed by atoms with Gasteiger partial charge in [-0.25, -0.2) is 4.79 Å². The topological polar surface area (TPSA) is 81.0 Å². The first-order chi connectivity index (χ1) is 12.3. The van der Waals surface area contributed by atoms with Crippen LogP contribution in [0, 0.1) is 6.92 Å². The average molecular weight is 381 g/mol. The summed E-state index contributed by atoms with van der Waals surface area (Å²) in [7, 11) is 4.60. The lowest BCUT2D eigenvalue weighted by Gasteiger charge is -2.16. The van der Waals surface area contributed by atoms with Crippen molar-refractivity contribution in [1.82, 2.24) is 4.90 Å². The molecular formula is C18H21ClN2O5. The molecule has 0 aliphatic rings. The number of amides is 1. The lowest BCUT2D eigenvalue weighted by atomic mass is 10.2. The zero-order chi connectivity index (χ0) is 19.3. The van der Waals surface area contributed by atoms with Crippen molar-refractivity contribution in [3.63, 3.8) is 0 Å². The summed E-state index contributed by atoms with van der Waals surface area (Å²) in [5.41, 5.74) is 0.879. The number of likely N-dealkylation sites (N-methyl/N-ethyl adjacent to an activating group) is 1. The van der Waals surface area contributed by atoms with E-state index in [4.69, 9.17) is 25.5 Å². The molecule has 0 atom stereocenters. The van der Waals surface area contributed by atoms with Gasteiger partial charge < -0.3 is 19.2 Å². The number of aryl methyl sites for hydroxylation is 1. The molecule has 26 heavy (non-hydrogen) atoms. The Morgan fingerprint density at radius 1 is 1.27 bits per heavy atom. The molecule has 1 aromatic carbocycles. The molecule has 8 heteroatoms. The van der Waals surface area contributed by atoms with Crippen LogP contribution in [0.2, 0.25) is 5.02 Å². The number of benzene rings is 1. The number of nitrogens with zero attached hydrogens (tertiary/aromatic N) is 1. The Balaban J connectivity index is 1.97. The average Bonchev–Trinajstić information content (AvgIpc) is 2.94. The summed E-state index contributed by atoms with van der Waals surface area (Å²) in [5, 5.41) is 3.26. The molecule has 1 N–H and O–H groups in total. The van der Waals surface area contributed by atoms with Crippen LogP contribution in [-0.2, 0) is 16.1 Å². The summed E-state index contributed by atoms with van der Waals surface area (Å²) in [4.78, 5) is 25.6. The summed E-state index contributed by atoms with van der Waals surface area (Å²) in [5.74, 6) is 0.886. The first kappa shape index (κ1) is 19.8. The Morgan fingerprint density at radius 2 is 2.00 bits per heavy atom. The highest BCUT2D eigenvalue weighted by atomic mass is 35.5. The maximum atomic E-state index is 12.3. The fraction of sp³-hybridized carbons (Fsp3) is 0.333. The number of methoxy groups -OCH3 is 2. The van der Waals surface area contributed by atoms with Gasteiger partial charge in [0, 0.05) is 5.02 Å². The minimum absolute atomic E-state index is 0.114. The Bertz CT molecular complexity index is 803. The third kappa shape index (κ3) is 5.00. The van der Waals surface area contributed by atoms with E-state index in [9.17, 15) is 9.59 Å². The Morgan fingerprint density at radius 3 is 2.65 bits per heavy atom. The number of ether oxygens (including phenoxy) is 2. The molecule has 0 bridgehead atoms. The molecule has 0 radical (unpaired) electrons. The van der Waals surface area contributed by atoms with Crippen LogP contribution >= 0.6 is 11.6 Å². The van der Waals surface area contributed by atoms with E-state index < -0.39 is 5.97 Å². The van der Waals surface area contributed by atoms with Gasteiger partial charge in [-0.15, -0.1) is 0 Å². The molecule has 0 saturated heterocycles. The second kappa shape index (κ2) is 8.73. The molecule has 1 amide bonds. The molecule has 0 aliphatic carbocycles. The molecule has 0 unspecified atom stereocenters. The van der Waals surface area contributed by atoms with Crippen LogP contribution in [0.1, 0.15) is 21.9 Å². The molecule has 0 aliphatic heterocycles. The van der Waals surface area contributed by atoms with Gasteiger partial charge in [-0.1, -0.05) is 11.6 Å². The van der Waals surface area contributed by atoms with Crippen LogP contribution in [0.25, 0.3) is 0 Å². The van der Waals surface area contributed by atoms with Crippen LogP contribution in [0.15, 0.2) is 28.7 Å². The first-order valence-electron chi connectivity index (χ1n) is 7.83. The maximum absolute atomic E-state index is 12.3. The summed E-state index contributed by atoms with van der Waals surface area (Å²) in [6.45, 7) is 2.16. The normalized spacial score (nSPS) is 10.7. The largest absolute Gasteiger partial charge is 0.495 e.